The fourth-order valence-corrected chi connectivity index (χ4v) is 1.95. The Balaban J connectivity index is 2.15. The lowest BCUT2D eigenvalue weighted by Crippen LogP contribution is -2.08. The Morgan fingerprint density at radius 2 is 2.29 bits per heavy atom. The predicted molar refractivity (Wildman–Crippen MR) is 68.3 cm³/mol. The van der Waals surface area contributed by atoms with Crippen LogP contribution in [0.2, 0.25) is 0 Å². The van der Waals surface area contributed by atoms with E-state index < -0.39 is 0 Å². The number of nitrogens with zero attached hydrogens (tertiary/aromatic N) is 2. The lowest BCUT2D eigenvalue weighted by Gasteiger charge is -2.02. The third kappa shape index (κ3) is 5.63. The maximum atomic E-state index is 11.1. The van der Waals surface area contributed by atoms with Crippen LogP contribution in [-0.4, -0.2) is 28.5 Å². The normalized spacial score (nSPS) is 10.2. The molecule has 0 saturated heterocycles. The van der Waals surface area contributed by atoms with E-state index in [0.717, 1.165) is 36.8 Å². The first-order chi connectivity index (χ1) is 8.26. The second kappa shape index (κ2) is 8.00. The zero-order chi connectivity index (χ0) is 12.5. The quantitative estimate of drug-likeness (QED) is 0.571. The number of anilines is 1. The molecular weight excluding hydrogens is 238 g/mol. The molecule has 0 aliphatic rings. The van der Waals surface area contributed by atoms with E-state index in [9.17, 15) is 4.79 Å². The highest BCUT2D eigenvalue weighted by Crippen LogP contribution is 2.12. The molecule has 0 unspecified atom stereocenters. The van der Waals surface area contributed by atoms with Crippen molar-refractivity contribution >= 4 is 22.6 Å². The van der Waals surface area contributed by atoms with E-state index in [0.29, 0.717) is 13.0 Å². The predicted octanol–water partition coefficient (Wildman–Crippen LogP) is 2.25. The summed E-state index contributed by atoms with van der Waals surface area (Å²) in [7, 11) is 0. The van der Waals surface area contributed by atoms with Gasteiger partial charge in [0.05, 0.1) is 6.61 Å². The van der Waals surface area contributed by atoms with Gasteiger partial charge in [-0.3, -0.25) is 4.79 Å². The molecule has 1 aromatic rings. The van der Waals surface area contributed by atoms with Crippen LogP contribution in [-0.2, 0) is 16.0 Å². The van der Waals surface area contributed by atoms with Crippen LogP contribution < -0.4 is 5.32 Å². The Morgan fingerprint density at radius 1 is 1.47 bits per heavy atom. The SMILES string of the molecule is CCCc1nsc(NCCCC(=O)OCC)n1. The molecule has 96 valence electrons. The summed E-state index contributed by atoms with van der Waals surface area (Å²) in [5, 5.41) is 3.99. The summed E-state index contributed by atoms with van der Waals surface area (Å²) in [6.07, 6.45) is 3.17. The van der Waals surface area contributed by atoms with Crippen molar-refractivity contribution in [3.63, 3.8) is 0 Å². The van der Waals surface area contributed by atoms with E-state index in [4.69, 9.17) is 4.74 Å². The third-order valence-corrected chi connectivity index (χ3v) is 2.79. The van der Waals surface area contributed by atoms with Gasteiger partial charge in [0.25, 0.3) is 0 Å². The van der Waals surface area contributed by atoms with Crippen molar-refractivity contribution in [2.24, 2.45) is 0 Å². The summed E-state index contributed by atoms with van der Waals surface area (Å²) in [6.45, 7) is 5.09. The number of carbonyl (C=O) groups is 1. The summed E-state index contributed by atoms with van der Waals surface area (Å²) < 4.78 is 9.06. The maximum absolute atomic E-state index is 11.1. The van der Waals surface area contributed by atoms with Crippen LogP contribution in [0.15, 0.2) is 0 Å². The smallest absolute Gasteiger partial charge is 0.305 e. The van der Waals surface area contributed by atoms with Gasteiger partial charge in [0.15, 0.2) is 0 Å². The van der Waals surface area contributed by atoms with Crippen molar-refractivity contribution in [1.82, 2.24) is 9.36 Å². The molecule has 0 radical (unpaired) electrons. The molecule has 0 saturated carbocycles. The largest absolute Gasteiger partial charge is 0.466 e. The monoisotopic (exact) mass is 257 g/mol. The van der Waals surface area contributed by atoms with Crippen LogP contribution in [0.25, 0.3) is 0 Å². The van der Waals surface area contributed by atoms with Crippen LogP contribution in [0.3, 0.4) is 0 Å². The van der Waals surface area contributed by atoms with Crippen LogP contribution in [0.1, 0.15) is 38.9 Å². The van der Waals surface area contributed by atoms with Gasteiger partial charge in [0, 0.05) is 30.9 Å². The Morgan fingerprint density at radius 3 is 3.00 bits per heavy atom. The zero-order valence-electron chi connectivity index (χ0n) is 10.4. The molecule has 0 atom stereocenters. The van der Waals surface area contributed by atoms with E-state index in [-0.39, 0.29) is 5.97 Å². The first kappa shape index (κ1) is 13.9. The number of carbonyl (C=O) groups excluding carboxylic acids is 1. The Bertz CT molecular complexity index is 341. The van der Waals surface area contributed by atoms with Gasteiger partial charge >= 0.3 is 5.97 Å². The number of hydrogen-bond donors (Lipinski definition) is 1. The number of aromatic nitrogens is 2. The van der Waals surface area contributed by atoms with Crippen molar-refractivity contribution in [2.75, 3.05) is 18.5 Å². The summed E-state index contributed by atoms with van der Waals surface area (Å²) in [6, 6.07) is 0. The van der Waals surface area contributed by atoms with E-state index in [1.165, 1.54) is 11.5 Å². The minimum Gasteiger partial charge on any atom is -0.466 e. The number of nitrogens with one attached hydrogen (secondary N) is 1. The Hall–Kier alpha value is -1.17. The van der Waals surface area contributed by atoms with Crippen molar-refractivity contribution in [2.45, 2.75) is 39.5 Å². The Kier molecular flexibility index (Phi) is 6.54. The molecule has 5 nitrogen and oxygen atoms in total. The van der Waals surface area contributed by atoms with E-state index in [1.54, 1.807) is 0 Å². The molecular formula is C11H19N3O2S. The highest BCUT2D eigenvalue weighted by Gasteiger charge is 2.04. The standard InChI is InChI=1S/C11H19N3O2S/c1-3-6-9-13-11(17-14-9)12-8-5-7-10(15)16-4-2/h3-8H2,1-2H3,(H,12,13,14). The van der Waals surface area contributed by atoms with Crippen molar-refractivity contribution in [3.8, 4) is 0 Å². The first-order valence-corrected chi connectivity index (χ1v) is 6.75. The molecule has 1 aromatic heterocycles. The molecule has 1 rings (SSSR count). The number of rotatable bonds is 8. The molecule has 0 bridgehead atoms. The average molecular weight is 257 g/mol. The average Bonchev–Trinajstić information content (AvgIpc) is 2.73. The third-order valence-electron chi connectivity index (χ3n) is 2.08. The minimum atomic E-state index is -0.141. The molecule has 0 aliphatic carbocycles. The van der Waals surface area contributed by atoms with Crippen molar-refractivity contribution in [3.05, 3.63) is 5.82 Å². The number of aryl methyl sites for hydroxylation is 1. The van der Waals surface area contributed by atoms with Crippen LogP contribution in [0, 0.1) is 0 Å². The van der Waals surface area contributed by atoms with Crippen molar-refractivity contribution < 1.29 is 9.53 Å². The first-order valence-electron chi connectivity index (χ1n) is 5.98. The molecule has 1 N–H and O–H groups in total. The van der Waals surface area contributed by atoms with Gasteiger partial charge in [-0.05, 0) is 19.8 Å². The van der Waals surface area contributed by atoms with E-state index in [2.05, 4.69) is 21.6 Å². The van der Waals surface area contributed by atoms with E-state index in [1.807, 2.05) is 6.92 Å². The van der Waals surface area contributed by atoms with Gasteiger partial charge in [0.2, 0.25) is 5.13 Å². The van der Waals surface area contributed by atoms with Crippen LogP contribution >= 0.6 is 11.5 Å². The molecule has 0 aromatic carbocycles. The molecule has 0 fully saturated rings. The van der Waals surface area contributed by atoms with Crippen LogP contribution in [0.4, 0.5) is 5.13 Å². The minimum absolute atomic E-state index is 0.141. The second-order valence-electron chi connectivity index (χ2n) is 3.60. The van der Waals surface area contributed by atoms with Gasteiger partial charge in [-0.15, -0.1) is 0 Å². The molecule has 0 aliphatic heterocycles. The number of esters is 1. The van der Waals surface area contributed by atoms with Gasteiger partial charge in [-0.2, -0.15) is 4.37 Å². The maximum Gasteiger partial charge on any atom is 0.305 e. The molecule has 17 heavy (non-hydrogen) atoms. The topological polar surface area (TPSA) is 64.1 Å². The van der Waals surface area contributed by atoms with Crippen LogP contribution in [0.5, 0.6) is 0 Å². The van der Waals surface area contributed by atoms with Gasteiger partial charge in [-0.1, -0.05) is 6.92 Å². The molecule has 0 spiro atoms. The lowest BCUT2D eigenvalue weighted by atomic mass is 10.3. The summed E-state index contributed by atoms with van der Waals surface area (Å²) in [5.41, 5.74) is 0. The summed E-state index contributed by atoms with van der Waals surface area (Å²) in [4.78, 5) is 15.4. The summed E-state index contributed by atoms with van der Waals surface area (Å²) >= 11 is 1.37. The number of hydrogen-bond acceptors (Lipinski definition) is 6. The molecule has 6 heteroatoms. The Labute approximate surface area is 106 Å². The molecule has 0 amide bonds. The zero-order valence-corrected chi connectivity index (χ0v) is 11.2. The molecule has 1 heterocycles. The highest BCUT2D eigenvalue weighted by molar-refractivity contribution is 7.09. The second-order valence-corrected chi connectivity index (χ2v) is 4.35. The fourth-order valence-electron chi connectivity index (χ4n) is 1.31. The van der Waals surface area contributed by atoms with Gasteiger partial charge in [0.1, 0.15) is 5.82 Å². The lowest BCUT2D eigenvalue weighted by molar-refractivity contribution is -0.143. The van der Waals surface area contributed by atoms with E-state index >= 15 is 0 Å². The fraction of sp³-hybridized carbons (Fsp3) is 0.727. The highest BCUT2D eigenvalue weighted by atomic mass is 32.1. The number of ether oxygens (including phenoxy) is 1. The summed E-state index contributed by atoms with van der Waals surface area (Å²) in [5.74, 6) is 0.753. The van der Waals surface area contributed by atoms with Gasteiger partial charge in [-0.25, -0.2) is 4.98 Å². The van der Waals surface area contributed by atoms with Gasteiger partial charge < -0.3 is 10.1 Å². The van der Waals surface area contributed by atoms with Crippen molar-refractivity contribution in [1.29, 1.82) is 0 Å².